The van der Waals surface area contributed by atoms with Gasteiger partial charge in [0.15, 0.2) is 0 Å². The van der Waals surface area contributed by atoms with Gasteiger partial charge in [-0.15, -0.1) is 0 Å². The average Bonchev–Trinajstić information content (AvgIpc) is 2.71. The molecule has 0 radical (unpaired) electrons. The number of piperidine rings is 1. The summed E-state index contributed by atoms with van der Waals surface area (Å²) in [7, 11) is 0. The van der Waals surface area contributed by atoms with Crippen LogP contribution < -0.4 is 0 Å². The Morgan fingerprint density at radius 3 is 2.32 bits per heavy atom. The van der Waals surface area contributed by atoms with Gasteiger partial charge < -0.3 is 10.0 Å². The van der Waals surface area contributed by atoms with Crippen LogP contribution in [0.1, 0.15) is 65.7 Å². The highest BCUT2D eigenvalue weighted by Gasteiger charge is 2.43. The standard InChI is InChI=1S/C16H29NO2/c1-4-6-16(14(18)19)8-10-17(11-9-16)13-5-7-15(2,3)12-13/h13H,4-12H2,1-3H3,(H,18,19). The van der Waals surface area contributed by atoms with E-state index in [1.165, 1.54) is 19.3 Å². The molecule has 1 N–H and O–H groups in total. The van der Waals surface area contributed by atoms with E-state index in [9.17, 15) is 9.90 Å². The topological polar surface area (TPSA) is 40.5 Å². The summed E-state index contributed by atoms with van der Waals surface area (Å²) in [6, 6.07) is 0.698. The Morgan fingerprint density at radius 2 is 1.89 bits per heavy atom. The second-order valence-corrected chi connectivity index (χ2v) is 7.43. The van der Waals surface area contributed by atoms with E-state index in [1.54, 1.807) is 0 Å². The first-order valence-electron chi connectivity index (χ1n) is 7.86. The summed E-state index contributed by atoms with van der Waals surface area (Å²) >= 11 is 0. The second kappa shape index (κ2) is 5.43. The first-order chi connectivity index (χ1) is 8.88. The molecule has 3 nitrogen and oxygen atoms in total. The molecular weight excluding hydrogens is 238 g/mol. The molecule has 2 fully saturated rings. The van der Waals surface area contributed by atoms with E-state index >= 15 is 0 Å². The van der Waals surface area contributed by atoms with Gasteiger partial charge in [0.05, 0.1) is 5.41 Å². The Morgan fingerprint density at radius 1 is 1.26 bits per heavy atom. The van der Waals surface area contributed by atoms with Crippen molar-refractivity contribution >= 4 is 5.97 Å². The summed E-state index contributed by atoms with van der Waals surface area (Å²) < 4.78 is 0. The predicted molar refractivity (Wildman–Crippen MR) is 77.2 cm³/mol. The third kappa shape index (κ3) is 3.13. The molecule has 1 saturated heterocycles. The largest absolute Gasteiger partial charge is 0.481 e. The molecule has 1 aliphatic carbocycles. The van der Waals surface area contributed by atoms with Gasteiger partial charge in [0, 0.05) is 6.04 Å². The molecule has 2 rings (SSSR count). The van der Waals surface area contributed by atoms with Crippen LogP contribution in [-0.4, -0.2) is 35.1 Å². The highest BCUT2D eigenvalue weighted by molar-refractivity contribution is 5.74. The Labute approximate surface area is 117 Å². The van der Waals surface area contributed by atoms with Gasteiger partial charge in [-0.05, 0) is 57.0 Å². The Balaban J connectivity index is 1.93. The predicted octanol–water partition coefficient (Wildman–Crippen LogP) is 3.53. The second-order valence-electron chi connectivity index (χ2n) is 7.43. The zero-order chi connectivity index (χ0) is 14.1. The summed E-state index contributed by atoms with van der Waals surface area (Å²) in [6.07, 6.45) is 7.38. The molecule has 0 aromatic carbocycles. The molecule has 19 heavy (non-hydrogen) atoms. The van der Waals surface area contributed by atoms with E-state index in [-0.39, 0.29) is 0 Å². The monoisotopic (exact) mass is 267 g/mol. The molecule has 0 aromatic rings. The number of carbonyl (C=O) groups is 1. The lowest BCUT2D eigenvalue weighted by Gasteiger charge is -2.41. The molecular formula is C16H29NO2. The van der Waals surface area contributed by atoms with Crippen molar-refractivity contribution in [3.8, 4) is 0 Å². The fraction of sp³-hybridized carbons (Fsp3) is 0.938. The van der Waals surface area contributed by atoms with Gasteiger partial charge in [-0.25, -0.2) is 0 Å². The van der Waals surface area contributed by atoms with E-state index in [4.69, 9.17) is 0 Å². The zero-order valence-corrected chi connectivity index (χ0v) is 12.7. The minimum Gasteiger partial charge on any atom is -0.481 e. The minimum atomic E-state index is -0.569. The maximum atomic E-state index is 11.6. The van der Waals surface area contributed by atoms with Crippen LogP contribution in [0.2, 0.25) is 0 Å². The Bertz CT molecular complexity index is 330. The first-order valence-corrected chi connectivity index (χ1v) is 7.86. The molecule has 110 valence electrons. The maximum Gasteiger partial charge on any atom is 0.309 e. The molecule has 0 spiro atoms. The lowest BCUT2D eigenvalue weighted by molar-refractivity contribution is -0.153. The number of likely N-dealkylation sites (tertiary alicyclic amines) is 1. The average molecular weight is 267 g/mol. The summed E-state index contributed by atoms with van der Waals surface area (Å²) in [5, 5.41) is 9.54. The molecule has 3 heteroatoms. The Kier molecular flexibility index (Phi) is 4.24. The number of carboxylic acids is 1. The van der Waals surface area contributed by atoms with Crippen LogP contribution in [0.4, 0.5) is 0 Å². The van der Waals surface area contributed by atoms with Gasteiger partial charge in [0.25, 0.3) is 0 Å². The lowest BCUT2D eigenvalue weighted by atomic mass is 9.74. The molecule has 0 amide bonds. The van der Waals surface area contributed by atoms with Crippen molar-refractivity contribution in [1.29, 1.82) is 0 Å². The van der Waals surface area contributed by atoms with Crippen LogP contribution in [0, 0.1) is 10.8 Å². The van der Waals surface area contributed by atoms with Gasteiger partial charge in [-0.3, -0.25) is 4.79 Å². The SMILES string of the molecule is CCCC1(C(=O)O)CCN(C2CCC(C)(C)C2)CC1. The highest BCUT2D eigenvalue weighted by Crippen LogP contribution is 2.43. The van der Waals surface area contributed by atoms with Crippen LogP contribution >= 0.6 is 0 Å². The third-order valence-electron chi connectivity index (χ3n) is 5.40. The van der Waals surface area contributed by atoms with Crippen LogP contribution in [-0.2, 0) is 4.79 Å². The molecule has 2 aliphatic rings. The summed E-state index contributed by atoms with van der Waals surface area (Å²) in [5.74, 6) is -0.569. The van der Waals surface area contributed by atoms with Crippen LogP contribution in [0.3, 0.4) is 0 Å². The fourth-order valence-corrected chi connectivity index (χ4v) is 4.08. The molecule has 1 saturated carbocycles. The zero-order valence-electron chi connectivity index (χ0n) is 12.7. The number of hydrogen-bond donors (Lipinski definition) is 1. The van der Waals surface area contributed by atoms with Crippen LogP contribution in [0.15, 0.2) is 0 Å². The van der Waals surface area contributed by atoms with Gasteiger partial charge in [-0.2, -0.15) is 0 Å². The van der Waals surface area contributed by atoms with E-state index in [1.807, 2.05) is 0 Å². The van der Waals surface area contributed by atoms with Crippen molar-refractivity contribution < 1.29 is 9.90 Å². The van der Waals surface area contributed by atoms with Gasteiger partial charge >= 0.3 is 5.97 Å². The van der Waals surface area contributed by atoms with Gasteiger partial charge in [0.1, 0.15) is 0 Å². The van der Waals surface area contributed by atoms with Crippen molar-refractivity contribution in [2.24, 2.45) is 10.8 Å². The van der Waals surface area contributed by atoms with Gasteiger partial charge in [0.2, 0.25) is 0 Å². The number of nitrogens with zero attached hydrogens (tertiary/aromatic N) is 1. The van der Waals surface area contributed by atoms with Crippen molar-refractivity contribution in [2.75, 3.05) is 13.1 Å². The van der Waals surface area contributed by atoms with Crippen molar-refractivity contribution in [2.45, 2.75) is 71.8 Å². The number of rotatable bonds is 4. The van der Waals surface area contributed by atoms with E-state index in [0.29, 0.717) is 11.5 Å². The molecule has 0 bridgehead atoms. The minimum absolute atomic E-state index is 0.431. The normalized spacial score (nSPS) is 30.4. The van der Waals surface area contributed by atoms with E-state index < -0.39 is 11.4 Å². The summed E-state index contributed by atoms with van der Waals surface area (Å²) in [6.45, 7) is 8.77. The lowest BCUT2D eigenvalue weighted by Crippen LogP contribution is -2.47. The molecule has 0 aromatic heterocycles. The van der Waals surface area contributed by atoms with Gasteiger partial charge in [-0.1, -0.05) is 27.2 Å². The number of hydrogen-bond acceptors (Lipinski definition) is 2. The molecule has 1 atom stereocenters. The van der Waals surface area contributed by atoms with Crippen LogP contribution in [0.5, 0.6) is 0 Å². The number of aliphatic carboxylic acids is 1. The van der Waals surface area contributed by atoms with Crippen LogP contribution in [0.25, 0.3) is 0 Å². The quantitative estimate of drug-likeness (QED) is 0.847. The van der Waals surface area contributed by atoms with Crippen molar-refractivity contribution in [1.82, 2.24) is 4.90 Å². The number of carboxylic acid groups (broad SMARTS) is 1. The van der Waals surface area contributed by atoms with Crippen molar-refractivity contribution in [3.63, 3.8) is 0 Å². The third-order valence-corrected chi connectivity index (χ3v) is 5.40. The summed E-state index contributed by atoms with van der Waals surface area (Å²) in [4.78, 5) is 14.1. The van der Waals surface area contributed by atoms with E-state index in [0.717, 1.165) is 38.8 Å². The fourth-order valence-electron chi connectivity index (χ4n) is 4.08. The smallest absolute Gasteiger partial charge is 0.309 e. The van der Waals surface area contributed by atoms with Crippen molar-refractivity contribution in [3.05, 3.63) is 0 Å². The Hall–Kier alpha value is -0.570. The maximum absolute atomic E-state index is 11.6. The highest BCUT2D eigenvalue weighted by atomic mass is 16.4. The molecule has 1 aliphatic heterocycles. The molecule has 1 unspecified atom stereocenters. The summed E-state index contributed by atoms with van der Waals surface area (Å²) in [5.41, 5.74) is 0.0504. The molecule has 1 heterocycles. The van der Waals surface area contributed by atoms with E-state index in [2.05, 4.69) is 25.7 Å². The first kappa shape index (κ1) is 14.8.